The van der Waals surface area contributed by atoms with Crippen molar-refractivity contribution in [1.82, 2.24) is 4.98 Å². The average molecular weight is 617 g/mol. The SMILES string of the molecule is Cc1ccccc1C1=NC([C]2[CH][CH][CH][CH]2)C=C([C]2[CH][CH][CH][CH]2)N1c1ccccn1.[CH]1[CH][CH][CH][CH]1.[CH]1[CH][CH][CH][CH]1.[Fe+2].[Fe+2]. The van der Waals surface area contributed by atoms with Crippen LogP contribution in [0.15, 0.2) is 65.4 Å². The molecule has 0 spiro atoms. The third-order valence-electron chi connectivity index (χ3n) is 6.39. The average Bonchev–Trinajstić information content (AvgIpc) is 3.83. The molecule has 1 aromatic carbocycles. The van der Waals surface area contributed by atoms with Crippen molar-refractivity contribution in [2.45, 2.75) is 13.0 Å². The molecule has 7 rings (SSSR count). The van der Waals surface area contributed by atoms with Gasteiger partial charge in [0, 0.05) is 29.3 Å². The van der Waals surface area contributed by atoms with Crippen molar-refractivity contribution in [1.29, 1.82) is 0 Å². The van der Waals surface area contributed by atoms with Crippen LogP contribution in [0.1, 0.15) is 11.1 Å². The van der Waals surface area contributed by atoms with Gasteiger partial charge in [0.1, 0.15) is 11.7 Å². The molecule has 3 nitrogen and oxygen atoms in total. The van der Waals surface area contributed by atoms with Gasteiger partial charge in [-0.05, 0) is 146 Å². The van der Waals surface area contributed by atoms with Crippen LogP contribution in [-0.2, 0) is 34.1 Å². The summed E-state index contributed by atoms with van der Waals surface area (Å²) in [6.07, 6.45) is 40.9. The maximum atomic E-state index is 5.20. The van der Waals surface area contributed by atoms with Gasteiger partial charge in [-0.25, -0.2) is 4.98 Å². The van der Waals surface area contributed by atoms with E-state index in [0.29, 0.717) is 0 Å². The maximum absolute atomic E-state index is 5.20. The second kappa shape index (κ2) is 18.3. The Labute approximate surface area is 271 Å². The van der Waals surface area contributed by atoms with Gasteiger partial charge in [-0.2, -0.15) is 0 Å². The summed E-state index contributed by atoms with van der Waals surface area (Å²) in [5, 5.41) is 0. The Hall–Kier alpha value is -1.38. The molecular formula is C36H31Fe2N3+4. The molecule has 5 heteroatoms. The normalized spacial score (nSPS) is 22.4. The van der Waals surface area contributed by atoms with E-state index in [1.54, 1.807) is 0 Å². The van der Waals surface area contributed by atoms with E-state index in [4.69, 9.17) is 4.99 Å². The Kier molecular flexibility index (Phi) is 15.2. The molecule has 1 atom stereocenters. The Morgan fingerprint density at radius 3 is 1.68 bits per heavy atom. The molecule has 0 amide bonds. The van der Waals surface area contributed by atoms with Crippen LogP contribution in [0.5, 0.6) is 0 Å². The van der Waals surface area contributed by atoms with Crippen LogP contribution in [-0.4, -0.2) is 16.9 Å². The first kappa shape index (κ1) is 34.1. The van der Waals surface area contributed by atoms with E-state index >= 15 is 0 Å². The minimum Gasteiger partial charge on any atom is -0.282 e. The van der Waals surface area contributed by atoms with Gasteiger partial charge in [0.25, 0.3) is 0 Å². The number of benzene rings is 1. The van der Waals surface area contributed by atoms with Gasteiger partial charge in [0.15, 0.2) is 0 Å². The number of aliphatic imine (C=N–C) groups is 1. The molecule has 0 bridgehead atoms. The number of anilines is 1. The second-order valence-corrected chi connectivity index (χ2v) is 9.10. The Morgan fingerprint density at radius 1 is 0.610 bits per heavy atom. The molecule has 0 N–H and O–H groups in total. The van der Waals surface area contributed by atoms with E-state index in [0.717, 1.165) is 28.8 Å². The number of nitrogens with zero attached hydrogens (tertiary/aromatic N) is 3. The first-order valence-electron chi connectivity index (χ1n) is 13.1. The predicted molar refractivity (Wildman–Crippen MR) is 160 cm³/mol. The minimum absolute atomic E-state index is 0. The largest absolute Gasteiger partial charge is 2.00 e. The first-order chi connectivity index (χ1) is 19.3. The molecule has 2 aromatic rings. The molecule has 1 aliphatic heterocycles. The molecule has 4 saturated carbocycles. The van der Waals surface area contributed by atoms with E-state index in [-0.39, 0.29) is 40.2 Å². The summed E-state index contributed by atoms with van der Waals surface area (Å²) in [5.41, 5.74) is 3.41. The third-order valence-corrected chi connectivity index (χ3v) is 6.39. The van der Waals surface area contributed by atoms with Crippen LogP contribution >= 0.6 is 0 Å². The Bertz CT molecular complexity index is 1040. The summed E-state index contributed by atoms with van der Waals surface area (Å²) >= 11 is 0. The summed E-state index contributed by atoms with van der Waals surface area (Å²) in [6, 6.07) is 14.4. The quantitative estimate of drug-likeness (QED) is 0.355. The van der Waals surface area contributed by atoms with Crippen LogP contribution in [0.4, 0.5) is 5.82 Å². The molecule has 202 valence electrons. The van der Waals surface area contributed by atoms with E-state index in [1.165, 1.54) is 11.5 Å². The second-order valence-electron chi connectivity index (χ2n) is 9.10. The molecule has 4 fully saturated rings. The number of rotatable bonds is 4. The smallest absolute Gasteiger partial charge is 0.282 e. The van der Waals surface area contributed by atoms with Gasteiger partial charge in [-0.3, -0.25) is 9.89 Å². The minimum atomic E-state index is -0.0375. The van der Waals surface area contributed by atoms with E-state index in [9.17, 15) is 0 Å². The summed E-state index contributed by atoms with van der Waals surface area (Å²) in [6.45, 7) is 2.13. The fourth-order valence-electron chi connectivity index (χ4n) is 4.47. The van der Waals surface area contributed by atoms with E-state index in [2.05, 4.69) is 98.5 Å². The zero-order valence-corrected chi connectivity index (χ0v) is 24.9. The van der Waals surface area contributed by atoms with Crippen molar-refractivity contribution >= 4 is 11.7 Å². The maximum Gasteiger partial charge on any atom is 2.00 e. The van der Waals surface area contributed by atoms with Gasteiger partial charge in [-0.15, -0.1) is 0 Å². The number of pyridine rings is 1. The van der Waals surface area contributed by atoms with E-state index in [1.807, 2.05) is 88.6 Å². The van der Waals surface area contributed by atoms with Gasteiger partial charge in [0.05, 0.1) is 6.04 Å². The number of hydrogen-bond acceptors (Lipinski definition) is 3. The molecule has 41 heavy (non-hydrogen) atoms. The van der Waals surface area contributed by atoms with E-state index < -0.39 is 0 Å². The fraction of sp³-hybridized carbons (Fsp3) is 0.0556. The van der Waals surface area contributed by atoms with Crippen molar-refractivity contribution in [2.75, 3.05) is 4.90 Å². The molecule has 5 aliphatic rings. The predicted octanol–water partition coefficient (Wildman–Crippen LogP) is 6.76. The number of amidine groups is 1. The Morgan fingerprint density at radius 2 is 1.15 bits per heavy atom. The summed E-state index contributed by atoms with van der Waals surface area (Å²) in [4.78, 5) is 12.0. The third kappa shape index (κ3) is 9.56. The van der Waals surface area contributed by atoms with Crippen molar-refractivity contribution in [3.63, 3.8) is 0 Å². The van der Waals surface area contributed by atoms with Gasteiger partial charge < -0.3 is 0 Å². The molecule has 20 radical (unpaired) electrons. The zero-order chi connectivity index (χ0) is 26.7. The standard InChI is InChI=1S/C26H21N3.2C5H5.2Fe/c1-19-10-2-7-15-22(19)26-28-23(20-11-3-4-12-20)18-24(21-13-5-6-14-21)29(26)25-16-8-9-17-27-25;2*1-2-4-5-3-1;;/h2-18,23H,1H3;2*1-5H;;/q;;;2*+2. The molecule has 4 aliphatic carbocycles. The van der Waals surface area contributed by atoms with Gasteiger partial charge in [-0.1, -0.05) is 30.3 Å². The fourth-order valence-corrected chi connectivity index (χ4v) is 4.47. The van der Waals surface area contributed by atoms with Crippen molar-refractivity contribution in [3.05, 3.63) is 199 Å². The van der Waals surface area contributed by atoms with Crippen LogP contribution in [0.3, 0.4) is 0 Å². The van der Waals surface area contributed by atoms with Crippen molar-refractivity contribution in [2.24, 2.45) is 4.99 Å². The monoisotopic (exact) mass is 617 g/mol. The number of aromatic nitrogens is 1. The van der Waals surface area contributed by atoms with Crippen molar-refractivity contribution < 1.29 is 34.1 Å². The number of hydrogen-bond donors (Lipinski definition) is 0. The van der Waals surface area contributed by atoms with Gasteiger partial charge >= 0.3 is 34.1 Å². The summed E-state index contributed by atoms with van der Waals surface area (Å²) < 4.78 is 0. The van der Waals surface area contributed by atoms with Crippen molar-refractivity contribution in [3.8, 4) is 0 Å². The van der Waals surface area contributed by atoms with Crippen LogP contribution in [0, 0.1) is 134 Å². The molecular weight excluding hydrogens is 586 g/mol. The summed E-state index contributed by atoms with van der Waals surface area (Å²) in [7, 11) is 0. The molecule has 0 saturated heterocycles. The Balaban J connectivity index is 0.000000325. The summed E-state index contributed by atoms with van der Waals surface area (Å²) in [5.74, 6) is 4.14. The first-order valence-corrected chi connectivity index (χ1v) is 13.1. The van der Waals surface area contributed by atoms with Gasteiger partial charge in [0.2, 0.25) is 0 Å². The van der Waals surface area contributed by atoms with Crippen LogP contribution < -0.4 is 4.90 Å². The number of allylic oxidation sites excluding steroid dienone is 1. The van der Waals surface area contributed by atoms with Crippen LogP contribution in [0.25, 0.3) is 0 Å². The topological polar surface area (TPSA) is 28.5 Å². The van der Waals surface area contributed by atoms with Crippen LogP contribution in [0.2, 0.25) is 0 Å². The molecule has 1 unspecified atom stereocenters. The zero-order valence-electron chi connectivity index (χ0n) is 22.7. The number of aryl methyl sites for hydroxylation is 1. The molecule has 2 heterocycles. The molecule has 1 aromatic heterocycles.